The molecule has 2 unspecified atom stereocenters. The third kappa shape index (κ3) is 3.76. The molecule has 0 saturated carbocycles. The van der Waals surface area contributed by atoms with Crippen LogP contribution in [0.5, 0.6) is 0 Å². The van der Waals surface area contributed by atoms with E-state index in [-0.39, 0.29) is 17.9 Å². The SMILES string of the molecule is Cc1ccc(C(C)NC(C)c2cccc(Cl)c2Cl)cc1F. The van der Waals surface area contributed by atoms with Crippen LogP contribution in [0.1, 0.15) is 42.6 Å². The highest BCUT2D eigenvalue weighted by Gasteiger charge is 2.15. The molecule has 0 aromatic heterocycles. The Balaban J connectivity index is 2.16. The zero-order valence-electron chi connectivity index (χ0n) is 12.3. The van der Waals surface area contributed by atoms with E-state index in [9.17, 15) is 4.39 Å². The topological polar surface area (TPSA) is 12.0 Å². The van der Waals surface area contributed by atoms with Crippen molar-refractivity contribution in [3.63, 3.8) is 0 Å². The van der Waals surface area contributed by atoms with Gasteiger partial charge in [0.1, 0.15) is 5.82 Å². The third-order valence-electron chi connectivity index (χ3n) is 3.64. The number of hydrogen-bond acceptors (Lipinski definition) is 1. The van der Waals surface area contributed by atoms with Gasteiger partial charge >= 0.3 is 0 Å². The Morgan fingerprint density at radius 1 is 1.05 bits per heavy atom. The van der Waals surface area contributed by atoms with E-state index < -0.39 is 0 Å². The molecule has 2 aromatic carbocycles. The molecule has 21 heavy (non-hydrogen) atoms. The fraction of sp³-hybridized carbons (Fsp3) is 0.294. The first-order chi connectivity index (χ1) is 9.90. The predicted molar refractivity (Wildman–Crippen MR) is 87.6 cm³/mol. The molecule has 2 aromatic rings. The van der Waals surface area contributed by atoms with Crippen LogP contribution in [0.3, 0.4) is 0 Å². The summed E-state index contributed by atoms with van der Waals surface area (Å²) in [6.45, 7) is 5.77. The molecular formula is C17H18Cl2FN. The summed E-state index contributed by atoms with van der Waals surface area (Å²) in [7, 11) is 0. The lowest BCUT2D eigenvalue weighted by Crippen LogP contribution is -2.23. The second-order valence-electron chi connectivity index (χ2n) is 5.26. The highest BCUT2D eigenvalue weighted by Crippen LogP contribution is 2.31. The molecule has 0 spiro atoms. The van der Waals surface area contributed by atoms with E-state index in [1.165, 1.54) is 0 Å². The standard InChI is InChI=1S/C17H18Cl2FN/c1-10-7-8-13(9-16(10)20)11(2)21-12(3)14-5-4-6-15(18)17(14)19/h4-9,11-12,21H,1-3H3. The van der Waals surface area contributed by atoms with Crippen molar-refractivity contribution in [3.8, 4) is 0 Å². The van der Waals surface area contributed by atoms with Gasteiger partial charge in [0.25, 0.3) is 0 Å². The molecule has 0 amide bonds. The van der Waals surface area contributed by atoms with E-state index in [4.69, 9.17) is 23.2 Å². The first-order valence-electron chi connectivity index (χ1n) is 6.86. The van der Waals surface area contributed by atoms with E-state index >= 15 is 0 Å². The van der Waals surface area contributed by atoms with Crippen LogP contribution in [-0.2, 0) is 0 Å². The molecule has 1 nitrogen and oxygen atoms in total. The van der Waals surface area contributed by atoms with Gasteiger partial charge in [-0.2, -0.15) is 0 Å². The molecule has 2 atom stereocenters. The van der Waals surface area contributed by atoms with E-state index in [0.717, 1.165) is 11.1 Å². The van der Waals surface area contributed by atoms with Crippen LogP contribution in [0.25, 0.3) is 0 Å². The van der Waals surface area contributed by atoms with Crippen LogP contribution >= 0.6 is 23.2 Å². The van der Waals surface area contributed by atoms with Gasteiger partial charge in [-0.3, -0.25) is 0 Å². The molecule has 0 radical (unpaired) electrons. The molecule has 0 bridgehead atoms. The van der Waals surface area contributed by atoms with E-state index in [0.29, 0.717) is 15.6 Å². The average molecular weight is 326 g/mol. The first kappa shape index (κ1) is 16.3. The average Bonchev–Trinajstić information content (AvgIpc) is 2.44. The minimum absolute atomic E-state index is 0.00477. The Bertz CT molecular complexity index is 643. The summed E-state index contributed by atoms with van der Waals surface area (Å²) in [5.41, 5.74) is 2.49. The molecule has 1 N–H and O–H groups in total. The van der Waals surface area contributed by atoms with Crippen molar-refractivity contribution < 1.29 is 4.39 Å². The normalized spacial score (nSPS) is 14.0. The van der Waals surface area contributed by atoms with Gasteiger partial charge in [0.15, 0.2) is 0 Å². The van der Waals surface area contributed by atoms with Crippen molar-refractivity contribution in [1.29, 1.82) is 0 Å². The maximum absolute atomic E-state index is 13.7. The number of nitrogens with one attached hydrogen (secondary N) is 1. The summed E-state index contributed by atoms with van der Waals surface area (Å²) in [5, 5.41) is 4.51. The number of benzene rings is 2. The van der Waals surface area contributed by atoms with Crippen LogP contribution in [0.15, 0.2) is 36.4 Å². The number of rotatable bonds is 4. The molecule has 0 heterocycles. The second kappa shape index (κ2) is 6.78. The van der Waals surface area contributed by atoms with E-state index in [1.807, 2.05) is 32.0 Å². The Labute approximate surface area is 135 Å². The van der Waals surface area contributed by atoms with E-state index in [2.05, 4.69) is 5.32 Å². The zero-order chi connectivity index (χ0) is 15.6. The fourth-order valence-electron chi connectivity index (χ4n) is 2.29. The Kier molecular flexibility index (Phi) is 5.26. The number of aryl methyl sites for hydroxylation is 1. The van der Waals surface area contributed by atoms with Crippen molar-refractivity contribution in [2.24, 2.45) is 0 Å². The van der Waals surface area contributed by atoms with Gasteiger partial charge in [-0.15, -0.1) is 0 Å². The van der Waals surface area contributed by atoms with Gasteiger partial charge in [0, 0.05) is 12.1 Å². The minimum Gasteiger partial charge on any atom is -0.304 e. The monoisotopic (exact) mass is 325 g/mol. The van der Waals surface area contributed by atoms with Crippen LogP contribution in [0.4, 0.5) is 4.39 Å². The lowest BCUT2D eigenvalue weighted by Gasteiger charge is -2.22. The van der Waals surface area contributed by atoms with Crippen LogP contribution in [0.2, 0.25) is 10.0 Å². The first-order valence-corrected chi connectivity index (χ1v) is 7.61. The van der Waals surface area contributed by atoms with Crippen LogP contribution < -0.4 is 5.32 Å². The second-order valence-corrected chi connectivity index (χ2v) is 6.05. The van der Waals surface area contributed by atoms with Gasteiger partial charge in [0.2, 0.25) is 0 Å². The maximum atomic E-state index is 13.7. The van der Waals surface area contributed by atoms with Gasteiger partial charge in [-0.1, -0.05) is 47.5 Å². The Hall–Kier alpha value is -1.09. The zero-order valence-corrected chi connectivity index (χ0v) is 13.8. The van der Waals surface area contributed by atoms with Gasteiger partial charge < -0.3 is 5.32 Å². The molecule has 4 heteroatoms. The lowest BCUT2D eigenvalue weighted by atomic mass is 10.0. The van der Waals surface area contributed by atoms with Crippen LogP contribution in [0, 0.1) is 12.7 Å². The predicted octanol–water partition coefficient (Wildman–Crippen LogP) is 5.85. The molecular weight excluding hydrogens is 308 g/mol. The van der Waals surface area contributed by atoms with Gasteiger partial charge in [-0.05, 0) is 49.6 Å². The summed E-state index contributed by atoms with van der Waals surface area (Å²) >= 11 is 12.3. The molecule has 0 fully saturated rings. The van der Waals surface area contributed by atoms with Crippen molar-refractivity contribution in [2.45, 2.75) is 32.9 Å². The van der Waals surface area contributed by atoms with Crippen molar-refractivity contribution in [3.05, 3.63) is 69.0 Å². The smallest absolute Gasteiger partial charge is 0.126 e. The third-order valence-corrected chi connectivity index (χ3v) is 4.48. The summed E-state index contributed by atoms with van der Waals surface area (Å²) in [6.07, 6.45) is 0. The Morgan fingerprint density at radius 3 is 2.43 bits per heavy atom. The fourth-order valence-corrected chi connectivity index (χ4v) is 2.77. The summed E-state index contributed by atoms with van der Waals surface area (Å²) in [6, 6.07) is 10.9. The molecule has 0 aliphatic carbocycles. The highest BCUT2D eigenvalue weighted by molar-refractivity contribution is 6.42. The van der Waals surface area contributed by atoms with Crippen molar-refractivity contribution >= 4 is 23.2 Å². The summed E-state index contributed by atoms with van der Waals surface area (Å²) < 4.78 is 13.7. The minimum atomic E-state index is -0.186. The number of hydrogen-bond donors (Lipinski definition) is 1. The van der Waals surface area contributed by atoms with Crippen molar-refractivity contribution in [2.75, 3.05) is 0 Å². The van der Waals surface area contributed by atoms with Gasteiger partial charge in [-0.25, -0.2) is 4.39 Å². The highest BCUT2D eigenvalue weighted by atomic mass is 35.5. The Morgan fingerprint density at radius 2 is 1.76 bits per heavy atom. The molecule has 112 valence electrons. The summed E-state index contributed by atoms with van der Waals surface area (Å²) in [5.74, 6) is -0.186. The molecule has 2 rings (SSSR count). The summed E-state index contributed by atoms with van der Waals surface area (Å²) in [4.78, 5) is 0. The lowest BCUT2D eigenvalue weighted by molar-refractivity contribution is 0.491. The molecule has 0 aliphatic heterocycles. The molecule has 0 aliphatic rings. The quantitative estimate of drug-likeness (QED) is 0.743. The number of halogens is 3. The van der Waals surface area contributed by atoms with Crippen LogP contribution in [-0.4, -0.2) is 0 Å². The van der Waals surface area contributed by atoms with Gasteiger partial charge in [0.05, 0.1) is 10.0 Å². The van der Waals surface area contributed by atoms with E-state index in [1.54, 1.807) is 25.1 Å². The molecule has 0 saturated heterocycles. The maximum Gasteiger partial charge on any atom is 0.126 e. The van der Waals surface area contributed by atoms with Crippen molar-refractivity contribution in [1.82, 2.24) is 5.32 Å². The largest absolute Gasteiger partial charge is 0.304 e.